The molecule has 0 saturated heterocycles. The van der Waals surface area contributed by atoms with Crippen molar-refractivity contribution in [1.82, 2.24) is 26.6 Å². The second kappa shape index (κ2) is 19.8. The molecule has 0 spiro atoms. The van der Waals surface area contributed by atoms with E-state index < -0.39 is 72.0 Å². The van der Waals surface area contributed by atoms with E-state index in [9.17, 15) is 43.8 Å². The second-order valence-corrected chi connectivity index (χ2v) is 13.2. The van der Waals surface area contributed by atoms with Crippen molar-refractivity contribution < 1.29 is 43.8 Å². The van der Waals surface area contributed by atoms with Gasteiger partial charge in [0.15, 0.2) is 6.04 Å². The molecule has 0 aliphatic heterocycles. The van der Waals surface area contributed by atoms with Gasteiger partial charge in [0.2, 0.25) is 23.5 Å². The van der Waals surface area contributed by atoms with Crippen LogP contribution in [0.1, 0.15) is 94.1 Å². The van der Waals surface area contributed by atoms with Gasteiger partial charge in [0, 0.05) is 0 Å². The topological polar surface area (TPSA) is 220 Å². The minimum Gasteiger partial charge on any atom is -0.507 e. The molecule has 0 radical (unpaired) electrons. The number of carboxylic acids is 1. The van der Waals surface area contributed by atoms with E-state index in [4.69, 9.17) is 0 Å². The van der Waals surface area contributed by atoms with E-state index in [0.717, 1.165) is 19.3 Å². The molecular weight excluding hydrogens is 658 g/mol. The molecule has 14 heteroatoms. The number of phenolic OH excluding ortho intramolecular Hbond substituents is 1. The molecule has 4 atom stereocenters. The number of carbonyl (C=O) groups excluding carboxylic acids is 6. The molecule has 0 aromatic heterocycles. The van der Waals surface area contributed by atoms with Gasteiger partial charge in [-0.1, -0.05) is 88.9 Å². The smallest absolute Gasteiger partial charge is 0.330 e. The molecule has 14 nitrogen and oxygen atoms in total. The van der Waals surface area contributed by atoms with Crippen molar-refractivity contribution in [3.63, 3.8) is 0 Å². The Morgan fingerprint density at radius 2 is 1.41 bits per heavy atom. The lowest BCUT2D eigenvalue weighted by Crippen LogP contribution is -2.58. The van der Waals surface area contributed by atoms with Gasteiger partial charge in [-0.3, -0.25) is 28.8 Å². The van der Waals surface area contributed by atoms with E-state index in [-0.39, 0.29) is 36.0 Å². The lowest BCUT2D eigenvalue weighted by molar-refractivity contribution is -0.142. The molecule has 1 fully saturated rings. The number of Topliss-reactive ketones (excluding diaryl/α,β-unsaturated/α-hetero) is 1. The molecule has 5 amide bonds. The van der Waals surface area contributed by atoms with Crippen LogP contribution in [-0.4, -0.2) is 76.2 Å². The van der Waals surface area contributed by atoms with Crippen molar-refractivity contribution >= 4 is 41.3 Å². The predicted octanol–water partition coefficient (Wildman–Crippen LogP) is 2.51. The standard InChI is InChI=1S/C37H49N5O9/c1-4-13-26(32(45)36(49)38-21-29(44)41-31(37(50)51)24-16-9-6-10-17-24)39-34(47)27(20-22(2)3)40-35(48)30(23-14-7-5-8-15-23)42-33(46)25-18-11-12-19-28(25)43/h6,9-12,16-19,22-23,26-27,30-31,43H,4-5,7-8,13-15,20-21H2,1-3H3,(H,38,49)(H,39,47)(H,40,48)(H,41,44)(H,42,46)(H,50,51)/t26-,27+,30+,31+/m1/s1. The monoisotopic (exact) mass is 707 g/mol. The summed E-state index contributed by atoms with van der Waals surface area (Å²) in [6.07, 6.45) is 4.79. The summed E-state index contributed by atoms with van der Waals surface area (Å²) in [6.45, 7) is 4.77. The number of nitrogens with one attached hydrogen (secondary N) is 5. The summed E-state index contributed by atoms with van der Waals surface area (Å²) in [5, 5.41) is 32.4. The number of hydrogen-bond donors (Lipinski definition) is 7. The molecule has 2 aromatic rings. The van der Waals surface area contributed by atoms with E-state index in [1.807, 2.05) is 13.8 Å². The number of ketones is 1. The lowest BCUT2D eigenvalue weighted by Gasteiger charge is -2.32. The van der Waals surface area contributed by atoms with E-state index in [1.54, 1.807) is 37.3 Å². The highest BCUT2D eigenvalue weighted by Gasteiger charge is 2.36. The SMILES string of the molecule is CCC[C@@H](NC(=O)[C@H](CC(C)C)NC(=O)[C@@H](NC(=O)c1ccccc1O)C1CCCCC1)C(=O)C(=O)NCC(=O)N[C@H](C(=O)O)c1ccccc1. The maximum Gasteiger partial charge on any atom is 0.330 e. The number of benzene rings is 2. The van der Waals surface area contributed by atoms with Crippen molar-refractivity contribution in [3.8, 4) is 5.75 Å². The first-order valence-electron chi connectivity index (χ1n) is 17.4. The van der Waals surface area contributed by atoms with Crippen LogP contribution in [0, 0.1) is 11.8 Å². The highest BCUT2D eigenvalue weighted by atomic mass is 16.4. The van der Waals surface area contributed by atoms with Crippen LogP contribution < -0.4 is 26.6 Å². The summed E-state index contributed by atoms with van der Waals surface area (Å²) >= 11 is 0. The van der Waals surface area contributed by atoms with Gasteiger partial charge in [-0.25, -0.2) is 4.79 Å². The van der Waals surface area contributed by atoms with E-state index in [1.165, 1.54) is 24.3 Å². The predicted molar refractivity (Wildman–Crippen MR) is 187 cm³/mol. The number of aromatic hydroxyl groups is 1. The Labute approximate surface area is 297 Å². The maximum atomic E-state index is 13.8. The van der Waals surface area contributed by atoms with Crippen LogP contribution in [0.5, 0.6) is 5.75 Å². The van der Waals surface area contributed by atoms with E-state index in [0.29, 0.717) is 24.8 Å². The van der Waals surface area contributed by atoms with Crippen LogP contribution in [0.15, 0.2) is 54.6 Å². The molecule has 51 heavy (non-hydrogen) atoms. The molecular formula is C37H49N5O9. The highest BCUT2D eigenvalue weighted by molar-refractivity contribution is 6.38. The van der Waals surface area contributed by atoms with Crippen LogP contribution in [0.2, 0.25) is 0 Å². The quantitative estimate of drug-likeness (QED) is 0.113. The molecule has 7 N–H and O–H groups in total. The molecule has 2 aromatic carbocycles. The first-order valence-corrected chi connectivity index (χ1v) is 17.4. The molecule has 276 valence electrons. The number of hydrogen-bond acceptors (Lipinski definition) is 8. The highest BCUT2D eigenvalue weighted by Crippen LogP contribution is 2.28. The van der Waals surface area contributed by atoms with Crippen molar-refractivity contribution in [2.45, 2.75) is 96.3 Å². The van der Waals surface area contributed by atoms with Crippen LogP contribution in [0.3, 0.4) is 0 Å². The molecule has 1 aliphatic carbocycles. The van der Waals surface area contributed by atoms with Gasteiger partial charge in [0.25, 0.3) is 11.8 Å². The summed E-state index contributed by atoms with van der Waals surface area (Å²) in [6, 6.07) is 9.20. The summed E-state index contributed by atoms with van der Waals surface area (Å²) in [5.41, 5.74) is 0.328. The van der Waals surface area contributed by atoms with E-state index in [2.05, 4.69) is 26.6 Å². The largest absolute Gasteiger partial charge is 0.507 e. The summed E-state index contributed by atoms with van der Waals surface area (Å²) < 4.78 is 0. The first-order chi connectivity index (χ1) is 24.3. The van der Waals surface area contributed by atoms with Gasteiger partial charge in [0.1, 0.15) is 17.8 Å². The molecule has 0 bridgehead atoms. The maximum absolute atomic E-state index is 13.8. The molecule has 1 aliphatic rings. The number of para-hydroxylation sites is 1. The third kappa shape index (κ3) is 12.2. The Hall–Kier alpha value is -5.27. The number of carboxylic acid groups (broad SMARTS) is 1. The van der Waals surface area contributed by atoms with Crippen molar-refractivity contribution in [3.05, 3.63) is 65.7 Å². The zero-order valence-corrected chi connectivity index (χ0v) is 29.3. The van der Waals surface area contributed by atoms with Gasteiger partial charge in [-0.05, 0) is 55.2 Å². The third-order valence-electron chi connectivity index (χ3n) is 8.71. The Morgan fingerprint density at radius 3 is 2.02 bits per heavy atom. The summed E-state index contributed by atoms with van der Waals surface area (Å²) in [7, 11) is 0. The van der Waals surface area contributed by atoms with Crippen molar-refractivity contribution in [2.75, 3.05) is 6.54 Å². The van der Waals surface area contributed by atoms with Gasteiger partial charge in [-0.15, -0.1) is 0 Å². The Bertz CT molecular complexity index is 1540. The zero-order valence-electron chi connectivity index (χ0n) is 29.3. The summed E-state index contributed by atoms with van der Waals surface area (Å²) in [5.74, 6) is -6.73. The van der Waals surface area contributed by atoms with Crippen LogP contribution >= 0.6 is 0 Å². The first kappa shape index (κ1) is 40.2. The van der Waals surface area contributed by atoms with E-state index >= 15 is 0 Å². The fraction of sp³-hybridized carbons (Fsp3) is 0.486. The average molecular weight is 708 g/mol. The normalized spacial score (nSPS) is 15.4. The van der Waals surface area contributed by atoms with Crippen LogP contribution in [-0.2, 0) is 28.8 Å². The van der Waals surface area contributed by atoms with Crippen molar-refractivity contribution in [2.24, 2.45) is 11.8 Å². The van der Waals surface area contributed by atoms with Gasteiger partial charge < -0.3 is 36.8 Å². The van der Waals surface area contributed by atoms with Crippen LogP contribution in [0.25, 0.3) is 0 Å². The number of carbonyl (C=O) groups is 7. The Kier molecular flexibility index (Phi) is 15.6. The molecule has 3 rings (SSSR count). The molecule has 0 unspecified atom stereocenters. The van der Waals surface area contributed by atoms with Gasteiger partial charge in [0.05, 0.1) is 18.2 Å². The fourth-order valence-corrected chi connectivity index (χ4v) is 6.09. The number of phenols is 1. The Morgan fingerprint density at radius 1 is 0.784 bits per heavy atom. The lowest BCUT2D eigenvalue weighted by atomic mass is 9.83. The fourth-order valence-electron chi connectivity index (χ4n) is 6.09. The number of aliphatic carboxylic acids is 1. The van der Waals surface area contributed by atoms with Crippen molar-refractivity contribution in [1.29, 1.82) is 0 Å². The minimum atomic E-state index is -1.37. The summed E-state index contributed by atoms with van der Waals surface area (Å²) in [4.78, 5) is 90.9. The average Bonchev–Trinajstić information content (AvgIpc) is 3.11. The zero-order chi connectivity index (χ0) is 37.5. The number of amides is 5. The Balaban J connectivity index is 1.69. The second-order valence-electron chi connectivity index (χ2n) is 13.2. The van der Waals surface area contributed by atoms with Crippen LogP contribution in [0.4, 0.5) is 0 Å². The van der Waals surface area contributed by atoms with Gasteiger partial charge in [-0.2, -0.15) is 0 Å². The molecule has 0 heterocycles. The molecule has 1 saturated carbocycles. The number of rotatable bonds is 18. The van der Waals surface area contributed by atoms with Gasteiger partial charge >= 0.3 is 5.97 Å². The minimum absolute atomic E-state index is 0.0113. The third-order valence-corrected chi connectivity index (χ3v) is 8.71.